The molecule has 10 rings (SSSR count). The fraction of sp³-hybridized carbons (Fsp3) is 0.283. The number of alkyl halides is 3. The molecule has 7 aromatic carbocycles. The molecule has 0 N–H and O–H groups in total. The number of rotatable bonds is 9. The van der Waals surface area contributed by atoms with Crippen LogP contribution in [0.1, 0.15) is 69.4 Å². The quantitative estimate of drug-likeness (QED) is 0.0616. The molecule has 0 radical (unpaired) electrons. The monoisotopic (exact) mass is 1170 g/mol. The first-order valence-corrected chi connectivity index (χ1v) is 30.0. The van der Waals surface area contributed by atoms with Gasteiger partial charge in [-0.25, -0.2) is 8.42 Å². The fourth-order valence-electron chi connectivity index (χ4n) is 7.55. The van der Waals surface area contributed by atoms with E-state index in [1.54, 1.807) is 0 Å². The number of halogens is 3. The first-order valence-electron chi connectivity index (χ1n) is 25.0. The van der Waals surface area contributed by atoms with Gasteiger partial charge in [0.05, 0.1) is 12.7 Å². The van der Waals surface area contributed by atoms with Crippen LogP contribution in [0.2, 0.25) is 0 Å². The van der Waals surface area contributed by atoms with Gasteiger partial charge in [0.15, 0.2) is 10.1 Å². The Bertz CT molecular complexity index is 2710. The molecule has 0 spiro atoms. The molecular formula is C60H69F3N2O6P2RuS. The largest absolute Gasteiger partial charge is 2.00 e. The zero-order chi connectivity index (χ0) is 53.0. The normalized spacial score (nSPS) is 13.9. The minimum atomic E-state index is -6.09. The van der Waals surface area contributed by atoms with Crippen molar-refractivity contribution in [3.63, 3.8) is 0 Å². The van der Waals surface area contributed by atoms with E-state index in [1.165, 1.54) is 70.9 Å². The second-order valence-corrected chi connectivity index (χ2v) is 25.1. The molecule has 7 aromatic rings. The van der Waals surface area contributed by atoms with Crippen LogP contribution in [-0.2, 0) is 43.8 Å². The second kappa shape index (κ2) is 33.3. The zero-order valence-electron chi connectivity index (χ0n) is 42.9. The SMILES string of the molecule is C(=P([N-]c1ccccc1)(c1ccccc1)c1ccccc1)P(=Nc1ccccc1)(c1ccccc1)c1ccccc1.C1CCOC1.C1CCOC1.C1CCOC1.Cc1ccc(C(C)C)cc1.O=S(=O)([O-])C(F)(F)F.[Ru+2]. The standard InChI is InChI=1S/C37H31N2P2.C10H14.3C4H8O.CHF3O3S.Ru/c1-7-19-32(20-8-1)38-40(34-23-11-3-12-24-34,35-25-13-4-14-26-35)31-41(36-27-15-5-16-28-36,37-29-17-6-18-30-37)39-33-21-9-2-10-22-33;1-8(2)10-6-4-9(3)5-7-10;3*1-2-4-5-3-1;2-1(3,4)8(5,6)7;/h1-31H;4-8H,1-3H3;3*1-4H2;(H,5,6,7);/q-1;;;;;;+2/p-1. The molecule has 15 heteroatoms. The van der Waals surface area contributed by atoms with Crippen LogP contribution in [0.5, 0.6) is 0 Å². The van der Waals surface area contributed by atoms with E-state index in [4.69, 9.17) is 37.0 Å². The molecule has 400 valence electrons. The number of hydrogen-bond acceptors (Lipinski definition) is 7. The van der Waals surface area contributed by atoms with Gasteiger partial charge >= 0.3 is 25.0 Å². The summed E-state index contributed by atoms with van der Waals surface area (Å²) < 4.78 is 79.5. The van der Waals surface area contributed by atoms with E-state index in [-0.39, 0.29) is 19.5 Å². The molecular weight excluding hydrogens is 1100 g/mol. The van der Waals surface area contributed by atoms with Crippen molar-refractivity contribution in [1.29, 1.82) is 0 Å². The van der Waals surface area contributed by atoms with E-state index in [0.29, 0.717) is 5.92 Å². The van der Waals surface area contributed by atoms with Gasteiger partial charge in [-0.1, -0.05) is 214 Å². The molecule has 3 fully saturated rings. The summed E-state index contributed by atoms with van der Waals surface area (Å²) in [6, 6.07) is 72.7. The van der Waals surface area contributed by atoms with Gasteiger partial charge in [0.25, 0.3) is 0 Å². The van der Waals surface area contributed by atoms with Gasteiger partial charge in [0.2, 0.25) is 0 Å². The smallest absolute Gasteiger partial charge is 0.741 e. The van der Waals surface area contributed by atoms with Crippen LogP contribution in [-0.4, -0.2) is 63.7 Å². The summed E-state index contributed by atoms with van der Waals surface area (Å²) in [6.45, 7) is 12.5. The van der Waals surface area contributed by atoms with Gasteiger partial charge < -0.3 is 23.9 Å². The molecule has 3 heterocycles. The van der Waals surface area contributed by atoms with Crippen molar-refractivity contribution in [2.45, 2.75) is 70.7 Å². The minimum Gasteiger partial charge on any atom is -0.741 e. The number of hydrogen-bond donors (Lipinski definition) is 0. The molecule has 3 aliphatic rings. The van der Waals surface area contributed by atoms with E-state index < -0.39 is 29.7 Å². The minimum absolute atomic E-state index is 0. The van der Waals surface area contributed by atoms with Crippen molar-refractivity contribution in [1.82, 2.24) is 0 Å². The second-order valence-electron chi connectivity index (χ2n) is 17.6. The maximum atomic E-state index is 10.7. The van der Waals surface area contributed by atoms with E-state index in [2.05, 4.69) is 220 Å². The Morgan fingerprint density at radius 1 is 0.520 bits per heavy atom. The molecule has 0 aliphatic carbocycles. The first-order chi connectivity index (χ1) is 35.7. The summed E-state index contributed by atoms with van der Waals surface area (Å²) in [6.07, 6.45) is 7.67. The Kier molecular flexibility index (Phi) is 27.8. The Balaban J connectivity index is 0.000000285. The van der Waals surface area contributed by atoms with Crippen molar-refractivity contribution in [3.05, 3.63) is 222 Å². The third-order valence-corrected chi connectivity index (χ3v) is 20.2. The number of aryl methyl sites for hydroxylation is 1. The van der Waals surface area contributed by atoms with Gasteiger partial charge in [0, 0.05) is 50.3 Å². The Labute approximate surface area is 457 Å². The van der Waals surface area contributed by atoms with E-state index >= 15 is 0 Å². The van der Waals surface area contributed by atoms with Crippen molar-refractivity contribution in [2.75, 3.05) is 39.6 Å². The third-order valence-electron chi connectivity index (χ3n) is 11.5. The number of ether oxygens (including phenoxy) is 3. The van der Waals surface area contributed by atoms with Crippen LogP contribution >= 0.6 is 14.1 Å². The Morgan fingerprint density at radius 3 is 1.12 bits per heavy atom. The van der Waals surface area contributed by atoms with Crippen LogP contribution in [0, 0.1) is 6.92 Å². The van der Waals surface area contributed by atoms with Gasteiger partial charge in [-0.05, 0) is 85.2 Å². The van der Waals surface area contributed by atoms with E-state index in [1.807, 2.05) is 12.1 Å². The summed E-state index contributed by atoms with van der Waals surface area (Å²) in [5.74, 6) is 0.653. The molecule has 0 unspecified atom stereocenters. The molecule has 0 saturated carbocycles. The third kappa shape index (κ3) is 21.2. The zero-order valence-corrected chi connectivity index (χ0v) is 47.2. The van der Waals surface area contributed by atoms with Gasteiger partial charge in [-0.2, -0.15) is 13.2 Å². The van der Waals surface area contributed by atoms with E-state index in [0.717, 1.165) is 51.0 Å². The van der Waals surface area contributed by atoms with Crippen LogP contribution in [0.4, 0.5) is 24.5 Å². The van der Waals surface area contributed by atoms with Gasteiger partial charge in [0.1, 0.15) is 0 Å². The van der Waals surface area contributed by atoms with Crippen molar-refractivity contribution in [3.8, 4) is 0 Å². The summed E-state index contributed by atoms with van der Waals surface area (Å²) in [5, 5.41) is 10.5. The molecule has 0 bridgehead atoms. The molecule has 0 aromatic heterocycles. The molecule has 0 atom stereocenters. The molecule has 0 amide bonds. The summed E-state index contributed by atoms with van der Waals surface area (Å²) >= 11 is 0. The maximum Gasteiger partial charge on any atom is 2.00 e. The topological polar surface area (TPSA) is 111 Å². The van der Waals surface area contributed by atoms with Gasteiger partial charge in [-0.3, -0.25) is 4.74 Å². The van der Waals surface area contributed by atoms with Crippen molar-refractivity contribution < 1.29 is 59.8 Å². The van der Waals surface area contributed by atoms with E-state index in [9.17, 15) is 13.2 Å². The Hall–Kier alpha value is -4.93. The fourth-order valence-corrected chi connectivity index (χ4v) is 16.6. The van der Waals surface area contributed by atoms with Crippen LogP contribution in [0.25, 0.3) is 5.09 Å². The molecule has 3 saturated heterocycles. The van der Waals surface area contributed by atoms with Gasteiger partial charge in [-0.15, -0.1) is 12.7 Å². The number of benzene rings is 7. The Morgan fingerprint density at radius 2 is 0.827 bits per heavy atom. The summed E-state index contributed by atoms with van der Waals surface area (Å²) in [4.78, 5) is 0. The average molecular weight is 1170 g/mol. The maximum absolute atomic E-state index is 10.7. The van der Waals surface area contributed by atoms with Crippen molar-refractivity contribution in [2.24, 2.45) is 4.74 Å². The summed E-state index contributed by atoms with van der Waals surface area (Å²) in [7, 11) is -11.2. The molecule has 75 heavy (non-hydrogen) atoms. The summed E-state index contributed by atoms with van der Waals surface area (Å²) in [5.41, 5.74) is 1.60. The molecule has 8 nitrogen and oxygen atoms in total. The first kappa shape index (κ1) is 62.6. The predicted octanol–water partition coefficient (Wildman–Crippen LogP) is 14.8. The molecule has 3 aliphatic heterocycles. The van der Waals surface area contributed by atoms with Crippen LogP contribution in [0.3, 0.4) is 0 Å². The average Bonchev–Trinajstić information content (AvgIpc) is 4.30. The van der Waals surface area contributed by atoms with Crippen LogP contribution < -0.4 is 21.2 Å². The predicted molar refractivity (Wildman–Crippen MR) is 303 cm³/mol. The number of nitrogens with zero attached hydrogens (tertiary/aromatic N) is 2. The van der Waals surface area contributed by atoms with Crippen molar-refractivity contribution >= 4 is 62.3 Å². The van der Waals surface area contributed by atoms with Crippen LogP contribution in [0.15, 0.2) is 211 Å².